The first-order valence-electron chi connectivity index (χ1n) is 5.13. The Hall–Kier alpha value is -1.27. The molecule has 98 valence electrons. The van der Waals surface area contributed by atoms with Crippen LogP contribution in [0.5, 0.6) is 0 Å². The van der Waals surface area contributed by atoms with E-state index in [4.69, 9.17) is 16.3 Å². The molecule has 1 aromatic carbocycles. The minimum Gasteiger partial charge on any atom is -0.362 e. The first kappa shape index (κ1) is 13.2. The smallest absolute Gasteiger partial charge is 0.362 e. The van der Waals surface area contributed by atoms with Crippen molar-refractivity contribution in [2.75, 3.05) is 13.2 Å². The van der Waals surface area contributed by atoms with E-state index in [0.717, 1.165) is 6.07 Å². The number of carbonyl (C=O) groups excluding carboxylic acids is 1. The average molecular weight is 280 g/mol. The summed E-state index contributed by atoms with van der Waals surface area (Å²) in [7, 11) is 0. The van der Waals surface area contributed by atoms with Gasteiger partial charge in [-0.2, -0.15) is 13.2 Å². The molecule has 0 aromatic heterocycles. The molecular weight excluding hydrogens is 271 g/mol. The van der Waals surface area contributed by atoms with E-state index in [1.54, 1.807) is 0 Å². The summed E-state index contributed by atoms with van der Waals surface area (Å²) >= 11 is 5.51. The highest BCUT2D eigenvalue weighted by molar-refractivity contribution is 6.31. The molecule has 0 saturated carbocycles. The van der Waals surface area contributed by atoms with Gasteiger partial charge in [-0.3, -0.25) is 4.79 Å². The van der Waals surface area contributed by atoms with Crippen LogP contribution in [0.4, 0.5) is 13.2 Å². The van der Waals surface area contributed by atoms with Gasteiger partial charge in [0.25, 0.3) is 0 Å². The summed E-state index contributed by atoms with van der Waals surface area (Å²) in [5.74, 6) is -0.281. The molecule has 18 heavy (non-hydrogen) atoms. The molecule has 2 rings (SSSR count). The van der Waals surface area contributed by atoms with Gasteiger partial charge in [0.15, 0.2) is 0 Å². The second-order valence-corrected chi connectivity index (χ2v) is 4.25. The lowest BCUT2D eigenvalue weighted by Gasteiger charge is -2.24. The van der Waals surface area contributed by atoms with Gasteiger partial charge in [0.05, 0.1) is 10.6 Å². The number of hydrogen-bond donors (Lipinski definition) is 1. The third-order valence-corrected chi connectivity index (χ3v) is 2.90. The van der Waals surface area contributed by atoms with Crippen LogP contribution in [0.2, 0.25) is 5.02 Å². The van der Waals surface area contributed by atoms with Gasteiger partial charge in [-0.25, -0.2) is 0 Å². The predicted octanol–water partition coefficient (Wildman–Crippen LogP) is 2.55. The highest BCUT2D eigenvalue weighted by atomic mass is 35.5. The Labute approximate surface area is 106 Å². The first-order valence-corrected chi connectivity index (χ1v) is 5.50. The molecule has 1 N–H and O–H groups in total. The number of ether oxygens (including phenoxy) is 1. The second kappa shape index (κ2) is 4.78. The lowest BCUT2D eigenvalue weighted by Crippen LogP contribution is -2.38. The highest BCUT2D eigenvalue weighted by Gasteiger charge is 2.34. The van der Waals surface area contributed by atoms with Crippen molar-refractivity contribution in [2.45, 2.75) is 12.3 Å². The van der Waals surface area contributed by atoms with Gasteiger partial charge < -0.3 is 10.1 Å². The van der Waals surface area contributed by atoms with Crippen LogP contribution in [0.25, 0.3) is 0 Å². The van der Waals surface area contributed by atoms with E-state index in [2.05, 4.69) is 5.32 Å². The minimum absolute atomic E-state index is 0.151. The zero-order valence-electron chi connectivity index (χ0n) is 9.05. The number of morpholine rings is 1. The van der Waals surface area contributed by atoms with Crippen molar-refractivity contribution in [2.24, 2.45) is 0 Å². The van der Waals surface area contributed by atoms with Gasteiger partial charge in [0, 0.05) is 6.54 Å². The molecule has 1 aromatic rings. The van der Waals surface area contributed by atoms with Gasteiger partial charge in [-0.05, 0) is 17.7 Å². The standard InChI is InChI=1S/C11H9ClF3NO2/c12-8-2-1-6(3-7(8)11(13,14)15)9-4-16-10(17)5-18-9/h1-3,9H,4-5H2,(H,16,17)/t9-/m1/s1. The van der Waals surface area contributed by atoms with E-state index < -0.39 is 17.8 Å². The Morgan fingerprint density at radius 2 is 2.11 bits per heavy atom. The van der Waals surface area contributed by atoms with Gasteiger partial charge in [0.1, 0.15) is 12.7 Å². The number of amides is 1. The number of hydrogen-bond acceptors (Lipinski definition) is 2. The van der Waals surface area contributed by atoms with E-state index in [1.807, 2.05) is 0 Å². The van der Waals surface area contributed by atoms with Gasteiger partial charge in [-0.1, -0.05) is 17.7 Å². The fourth-order valence-corrected chi connectivity index (χ4v) is 1.89. The van der Waals surface area contributed by atoms with Crippen molar-refractivity contribution >= 4 is 17.5 Å². The first-order chi connectivity index (χ1) is 8.38. The van der Waals surface area contributed by atoms with Crippen LogP contribution < -0.4 is 5.32 Å². The van der Waals surface area contributed by atoms with Crippen molar-refractivity contribution < 1.29 is 22.7 Å². The number of alkyl halides is 3. The van der Waals surface area contributed by atoms with Crippen molar-refractivity contribution in [3.63, 3.8) is 0 Å². The topological polar surface area (TPSA) is 38.3 Å². The van der Waals surface area contributed by atoms with Crippen LogP contribution >= 0.6 is 11.6 Å². The quantitative estimate of drug-likeness (QED) is 0.858. The normalized spacial score (nSPS) is 20.7. The van der Waals surface area contributed by atoms with Crippen LogP contribution in [-0.4, -0.2) is 19.1 Å². The monoisotopic (exact) mass is 279 g/mol. The maximum atomic E-state index is 12.7. The van der Waals surface area contributed by atoms with E-state index in [9.17, 15) is 18.0 Å². The number of rotatable bonds is 1. The van der Waals surface area contributed by atoms with Crippen LogP contribution in [0.15, 0.2) is 18.2 Å². The molecule has 1 heterocycles. The summed E-state index contributed by atoms with van der Waals surface area (Å²) in [6, 6.07) is 3.59. The summed E-state index contributed by atoms with van der Waals surface area (Å²) in [5.41, 5.74) is -0.561. The molecule has 1 aliphatic heterocycles. The second-order valence-electron chi connectivity index (χ2n) is 3.84. The molecule has 7 heteroatoms. The van der Waals surface area contributed by atoms with E-state index in [-0.39, 0.29) is 24.1 Å². The lowest BCUT2D eigenvalue weighted by molar-refractivity contribution is -0.138. The van der Waals surface area contributed by atoms with E-state index >= 15 is 0 Å². The van der Waals surface area contributed by atoms with Crippen LogP contribution in [0, 0.1) is 0 Å². The zero-order valence-corrected chi connectivity index (χ0v) is 9.81. The minimum atomic E-state index is -4.51. The van der Waals surface area contributed by atoms with Crippen molar-refractivity contribution in [1.29, 1.82) is 0 Å². The number of benzene rings is 1. The largest absolute Gasteiger partial charge is 0.417 e. The van der Waals surface area contributed by atoms with Crippen LogP contribution in [0.3, 0.4) is 0 Å². The van der Waals surface area contributed by atoms with Gasteiger partial charge >= 0.3 is 6.18 Å². The Kier molecular flexibility index (Phi) is 3.49. The van der Waals surface area contributed by atoms with Crippen molar-refractivity contribution in [3.05, 3.63) is 34.3 Å². The summed E-state index contributed by atoms with van der Waals surface area (Å²) in [5, 5.41) is 2.17. The summed E-state index contributed by atoms with van der Waals surface area (Å²) in [4.78, 5) is 10.9. The number of halogens is 4. The van der Waals surface area contributed by atoms with Crippen molar-refractivity contribution in [3.8, 4) is 0 Å². The highest BCUT2D eigenvalue weighted by Crippen LogP contribution is 2.36. The zero-order chi connectivity index (χ0) is 13.3. The SMILES string of the molecule is O=C1CO[C@@H](c2ccc(Cl)c(C(F)(F)F)c2)CN1. The van der Waals surface area contributed by atoms with E-state index in [1.165, 1.54) is 12.1 Å². The molecule has 0 radical (unpaired) electrons. The molecule has 1 fully saturated rings. The molecule has 0 spiro atoms. The number of nitrogens with one attached hydrogen (secondary N) is 1. The predicted molar refractivity (Wildman–Crippen MR) is 58.2 cm³/mol. The molecule has 0 aliphatic carbocycles. The molecule has 0 unspecified atom stereocenters. The molecule has 1 amide bonds. The summed E-state index contributed by atoms with van der Waals surface area (Å²) < 4.78 is 43.2. The van der Waals surface area contributed by atoms with Gasteiger partial charge in [0.2, 0.25) is 5.91 Å². The maximum Gasteiger partial charge on any atom is 0.417 e. The molecular formula is C11H9ClF3NO2. The Morgan fingerprint density at radius 1 is 1.39 bits per heavy atom. The lowest BCUT2D eigenvalue weighted by atomic mass is 10.0. The van der Waals surface area contributed by atoms with Gasteiger partial charge in [-0.15, -0.1) is 0 Å². The Bertz CT molecular complexity index is 466. The Balaban J connectivity index is 2.27. The third-order valence-electron chi connectivity index (χ3n) is 2.57. The molecule has 1 aliphatic rings. The summed E-state index contributed by atoms with van der Waals surface area (Å²) in [6.45, 7) is -0.00753. The average Bonchev–Trinajstić information content (AvgIpc) is 2.29. The fourth-order valence-electron chi connectivity index (χ4n) is 1.67. The maximum absolute atomic E-state index is 12.7. The summed E-state index contributed by atoms with van der Waals surface area (Å²) in [6.07, 6.45) is -5.09. The van der Waals surface area contributed by atoms with E-state index in [0.29, 0.717) is 5.56 Å². The Morgan fingerprint density at radius 3 is 2.67 bits per heavy atom. The molecule has 0 bridgehead atoms. The molecule has 1 saturated heterocycles. The van der Waals surface area contributed by atoms with Crippen LogP contribution in [-0.2, 0) is 15.7 Å². The number of carbonyl (C=O) groups is 1. The fraction of sp³-hybridized carbons (Fsp3) is 0.364. The third kappa shape index (κ3) is 2.76. The molecule has 1 atom stereocenters. The molecule has 3 nitrogen and oxygen atoms in total. The van der Waals surface area contributed by atoms with Crippen molar-refractivity contribution in [1.82, 2.24) is 5.32 Å². The van der Waals surface area contributed by atoms with Crippen LogP contribution in [0.1, 0.15) is 17.2 Å².